The molecular formula is C10H8N2O4. The second-order valence-corrected chi connectivity index (χ2v) is 3.26. The second kappa shape index (κ2) is 3.65. The van der Waals surface area contributed by atoms with Crippen molar-refractivity contribution >= 4 is 17.0 Å². The van der Waals surface area contributed by atoms with Crippen LogP contribution in [0, 0.1) is 0 Å². The van der Waals surface area contributed by atoms with Crippen LogP contribution in [0.3, 0.4) is 0 Å². The molecule has 2 rings (SSSR count). The number of hydrogen-bond acceptors (Lipinski definition) is 4. The van der Waals surface area contributed by atoms with E-state index in [1.165, 1.54) is 6.07 Å². The number of nitrogens with one attached hydrogen (secondary N) is 1. The number of phenolic OH excluding ortho intramolecular Hbond substituents is 1. The number of hydrogen-bond donors (Lipinski definition) is 3. The summed E-state index contributed by atoms with van der Waals surface area (Å²) in [7, 11) is 0. The molecule has 6 heteroatoms. The molecule has 6 nitrogen and oxygen atoms in total. The van der Waals surface area contributed by atoms with Crippen LogP contribution in [0.4, 0.5) is 0 Å². The minimum Gasteiger partial charge on any atom is -0.506 e. The van der Waals surface area contributed by atoms with E-state index < -0.39 is 17.9 Å². The Morgan fingerprint density at radius 3 is 2.88 bits per heavy atom. The SMILES string of the molecule is O=C(O)Cc1nc2c(O)cccc2[nH]c1=O. The topological polar surface area (TPSA) is 103 Å². The van der Waals surface area contributed by atoms with Gasteiger partial charge in [-0.25, -0.2) is 4.98 Å². The Kier molecular flexibility index (Phi) is 2.32. The molecule has 1 aromatic heterocycles. The predicted molar refractivity (Wildman–Crippen MR) is 55.4 cm³/mol. The molecule has 0 unspecified atom stereocenters. The standard InChI is InChI=1S/C10H8N2O4/c13-7-3-1-2-5-9(7)11-6(4-8(14)15)10(16)12-5/h1-3,13H,4H2,(H,12,16)(H,14,15). The van der Waals surface area contributed by atoms with E-state index in [4.69, 9.17) is 5.11 Å². The molecule has 0 aliphatic rings. The van der Waals surface area contributed by atoms with Gasteiger partial charge in [-0.3, -0.25) is 9.59 Å². The van der Waals surface area contributed by atoms with Gasteiger partial charge in [-0.2, -0.15) is 0 Å². The average molecular weight is 220 g/mol. The van der Waals surface area contributed by atoms with Gasteiger partial charge in [-0.1, -0.05) is 6.07 Å². The largest absolute Gasteiger partial charge is 0.506 e. The summed E-state index contributed by atoms with van der Waals surface area (Å²) >= 11 is 0. The number of nitrogens with zero attached hydrogens (tertiary/aromatic N) is 1. The Balaban J connectivity index is 2.69. The number of aromatic hydroxyl groups is 1. The van der Waals surface area contributed by atoms with E-state index in [0.717, 1.165) is 0 Å². The van der Waals surface area contributed by atoms with Crippen molar-refractivity contribution in [2.75, 3.05) is 0 Å². The molecule has 0 amide bonds. The van der Waals surface area contributed by atoms with Crippen LogP contribution in [-0.4, -0.2) is 26.2 Å². The zero-order valence-corrected chi connectivity index (χ0v) is 8.10. The summed E-state index contributed by atoms with van der Waals surface area (Å²) < 4.78 is 0. The summed E-state index contributed by atoms with van der Waals surface area (Å²) in [6, 6.07) is 4.55. The summed E-state index contributed by atoms with van der Waals surface area (Å²) in [6.07, 6.45) is -0.473. The lowest BCUT2D eigenvalue weighted by Gasteiger charge is -2.01. The number of fused-ring (bicyclic) bond motifs is 1. The van der Waals surface area contributed by atoms with Crippen molar-refractivity contribution in [1.82, 2.24) is 9.97 Å². The molecule has 1 heterocycles. The molecule has 1 aromatic carbocycles. The maximum atomic E-state index is 11.4. The molecule has 82 valence electrons. The molecule has 2 aromatic rings. The molecule has 0 fully saturated rings. The van der Waals surface area contributed by atoms with E-state index in [1.54, 1.807) is 12.1 Å². The number of rotatable bonds is 2. The Morgan fingerprint density at radius 2 is 2.19 bits per heavy atom. The van der Waals surface area contributed by atoms with Crippen LogP contribution in [-0.2, 0) is 11.2 Å². The first-order chi connectivity index (χ1) is 7.58. The van der Waals surface area contributed by atoms with Crippen molar-refractivity contribution in [2.45, 2.75) is 6.42 Å². The quantitative estimate of drug-likeness (QED) is 0.673. The maximum Gasteiger partial charge on any atom is 0.309 e. The number of H-pyrrole nitrogens is 1. The number of carboxylic acid groups (broad SMARTS) is 1. The summed E-state index contributed by atoms with van der Waals surface area (Å²) in [4.78, 5) is 28.2. The highest BCUT2D eigenvalue weighted by atomic mass is 16.4. The van der Waals surface area contributed by atoms with Crippen molar-refractivity contribution < 1.29 is 15.0 Å². The number of carboxylic acids is 1. The van der Waals surface area contributed by atoms with Crippen LogP contribution in [0.15, 0.2) is 23.0 Å². The van der Waals surface area contributed by atoms with Gasteiger partial charge >= 0.3 is 5.97 Å². The lowest BCUT2D eigenvalue weighted by molar-refractivity contribution is -0.136. The first-order valence-corrected chi connectivity index (χ1v) is 4.50. The number of aliphatic carboxylic acids is 1. The van der Waals surface area contributed by atoms with Gasteiger partial charge in [0.15, 0.2) is 0 Å². The van der Waals surface area contributed by atoms with E-state index >= 15 is 0 Å². The Bertz CT molecular complexity index is 618. The van der Waals surface area contributed by atoms with Gasteiger partial charge < -0.3 is 15.2 Å². The van der Waals surface area contributed by atoms with Crippen LogP contribution >= 0.6 is 0 Å². The third-order valence-corrected chi connectivity index (χ3v) is 2.09. The number of carbonyl (C=O) groups is 1. The van der Waals surface area contributed by atoms with Gasteiger partial charge in [0, 0.05) is 0 Å². The van der Waals surface area contributed by atoms with E-state index in [0.29, 0.717) is 5.52 Å². The molecule has 0 saturated carbocycles. The molecule has 0 saturated heterocycles. The normalized spacial score (nSPS) is 10.5. The molecular weight excluding hydrogens is 212 g/mol. The van der Waals surface area contributed by atoms with Crippen molar-refractivity contribution in [1.29, 1.82) is 0 Å². The first kappa shape index (κ1) is 10.2. The van der Waals surface area contributed by atoms with Crippen molar-refractivity contribution in [2.24, 2.45) is 0 Å². The van der Waals surface area contributed by atoms with Gasteiger partial charge in [-0.15, -0.1) is 0 Å². The molecule has 0 aliphatic carbocycles. The van der Waals surface area contributed by atoms with Gasteiger partial charge in [0.1, 0.15) is 17.0 Å². The first-order valence-electron chi connectivity index (χ1n) is 4.50. The monoisotopic (exact) mass is 220 g/mol. The molecule has 16 heavy (non-hydrogen) atoms. The van der Waals surface area contributed by atoms with Gasteiger partial charge in [0.05, 0.1) is 11.9 Å². The van der Waals surface area contributed by atoms with E-state index in [1.807, 2.05) is 0 Å². The highest BCUT2D eigenvalue weighted by Crippen LogP contribution is 2.19. The fourth-order valence-corrected chi connectivity index (χ4v) is 1.39. The Labute approximate surface area is 89.2 Å². The maximum absolute atomic E-state index is 11.4. The van der Waals surface area contributed by atoms with Crippen molar-refractivity contribution in [3.05, 3.63) is 34.2 Å². The molecule has 3 N–H and O–H groups in total. The minimum atomic E-state index is -1.15. The summed E-state index contributed by atoms with van der Waals surface area (Å²) in [5.41, 5.74) is -0.112. The van der Waals surface area contributed by atoms with Gasteiger partial charge in [-0.05, 0) is 12.1 Å². The highest BCUT2D eigenvalue weighted by Gasteiger charge is 2.10. The van der Waals surface area contributed by atoms with Gasteiger partial charge in [0.25, 0.3) is 5.56 Å². The van der Waals surface area contributed by atoms with Crippen molar-refractivity contribution in [3.63, 3.8) is 0 Å². The van der Waals surface area contributed by atoms with Crippen LogP contribution in [0.1, 0.15) is 5.69 Å². The summed E-state index contributed by atoms with van der Waals surface area (Å²) in [5, 5.41) is 18.1. The molecule has 0 aliphatic heterocycles. The van der Waals surface area contributed by atoms with E-state index in [9.17, 15) is 14.7 Å². The number of aromatic nitrogens is 2. The highest BCUT2D eigenvalue weighted by molar-refractivity contribution is 5.81. The number of para-hydroxylation sites is 1. The number of benzene rings is 1. The lowest BCUT2D eigenvalue weighted by atomic mass is 10.2. The fourth-order valence-electron chi connectivity index (χ4n) is 1.39. The van der Waals surface area contributed by atoms with E-state index in [2.05, 4.69) is 9.97 Å². The molecule has 0 spiro atoms. The zero-order chi connectivity index (χ0) is 11.7. The Morgan fingerprint density at radius 1 is 1.44 bits per heavy atom. The molecule has 0 bridgehead atoms. The summed E-state index contributed by atoms with van der Waals surface area (Å²) in [5.74, 6) is -1.24. The smallest absolute Gasteiger partial charge is 0.309 e. The molecule has 0 atom stereocenters. The predicted octanol–water partition coefficient (Wildman–Crippen LogP) is 0.256. The third-order valence-electron chi connectivity index (χ3n) is 2.09. The molecule has 0 radical (unpaired) electrons. The number of phenols is 1. The Hall–Kier alpha value is -2.37. The van der Waals surface area contributed by atoms with Crippen LogP contribution in [0.5, 0.6) is 5.75 Å². The minimum absolute atomic E-state index is 0.0969. The average Bonchev–Trinajstić information content (AvgIpc) is 2.20. The van der Waals surface area contributed by atoms with Crippen LogP contribution in [0.25, 0.3) is 11.0 Å². The van der Waals surface area contributed by atoms with Crippen LogP contribution in [0.2, 0.25) is 0 Å². The third kappa shape index (κ3) is 1.72. The van der Waals surface area contributed by atoms with Gasteiger partial charge in [0.2, 0.25) is 0 Å². The fraction of sp³-hybridized carbons (Fsp3) is 0.100. The second-order valence-electron chi connectivity index (χ2n) is 3.26. The van der Waals surface area contributed by atoms with Crippen LogP contribution < -0.4 is 5.56 Å². The zero-order valence-electron chi connectivity index (χ0n) is 8.10. The summed E-state index contributed by atoms with van der Waals surface area (Å²) in [6.45, 7) is 0. The number of aromatic amines is 1. The van der Waals surface area contributed by atoms with E-state index in [-0.39, 0.29) is 17.0 Å². The lowest BCUT2D eigenvalue weighted by Crippen LogP contribution is -2.18. The van der Waals surface area contributed by atoms with Crippen molar-refractivity contribution in [3.8, 4) is 5.75 Å².